The van der Waals surface area contributed by atoms with E-state index < -0.39 is 24.2 Å². The second-order valence-electron chi connectivity index (χ2n) is 11.2. The normalized spacial score (nSPS) is 14.5. The van der Waals surface area contributed by atoms with Crippen LogP contribution in [0.1, 0.15) is 11.0 Å². The van der Waals surface area contributed by atoms with Crippen LogP contribution < -0.4 is 0 Å². The Kier molecular flexibility index (Phi) is 3.67. The van der Waals surface area contributed by atoms with Gasteiger partial charge in [-0.15, -0.1) is 0 Å². The van der Waals surface area contributed by atoms with Crippen LogP contribution in [0.3, 0.4) is 0 Å². The monoisotopic (exact) mass is 582 g/mol. The second-order valence-corrected chi connectivity index (χ2v) is 11.2. The van der Waals surface area contributed by atoms with Gasteiger partial charge in [0, 0.05) is 43.7 Å². The molecule has 10 rings (SSSR count). The molecule has 3 heteroatoms. The minimum Gasteiger partial charge on any atom is -0.454 e. The predicted molar refractivity (Wildman–Crippen MR) is 188 cm³/mol. The van der Waals surface area contributed by atoms with E-state index in [2.05, 4.69) is 59.2 Å². The van der Waals surface area contributed by atoms with Crippen LogP contribution in [0.25, 0.3) is 88.1 Å². The fraction of sp³-hybridized carbons (Fsp3) is 0. The average Bonchev–Trinajstić information content (AvgIpc) is 3.86. The minimum absolute atomic E-state index is 0.0580. The van der Waals surface area contributed by atoms with Crippen molar-refractivity contribution in [3.8, 4) is 22.5 Å². The van der Waals surface area contributed by atoms with Gasteiger partial charge in [0.05, 0.1) is 33.0 Å². The lowest BCUT2D eigenvalue weighted by Crippen LogP contribution is -1.95. The van der Waals surface area contributed by atoms with Crippen LogP contribution in [0, 0.1) is 0 Å². The summed E-state index contributed by atoms with van der Waals surface area (Å²) < 4.78 is 78.5. The Morgan fingerprint density at radius 2 is 0.978 bits per heavy atom. The predicted octanol–water partition coefficient (Wildman–Crippen LogP) is 11.4. The van der Waals surface area contributed by atoms with Gasteiger partial charge in [0.25, 0.3) is 0 Å². The fourth-order valence-corrected chi connectivity index (χ4v) is 6.78. The molecule has 0 bridgehead atoms. The van der Waals surface area contributed by atoms with Crippen LogP contribution in [-0.2, 0) is 0 Å². The topological polar surface area (TPSA) is 23.0 Å². The van der Waals surface area contributed by atoms with E-state index in [0.29, 0.717) is 5.69 Å². The molecule has 0 saturated heterocycles. The van der Waals surface area contributed by atoms with Crippen molar-refractivity contribution in [2.75, 3.05) is 0 Å². The molecule has 3 heterocycles. The molecule has 7 aromatic carbocycles. The Balaban J connectivity index is 1.12. The zero-order valence-electron chi connectivity index (χ0n) is 31.7. The largest absolute Gasteiger partial charge is 0.454 e. The van der Waals surface area contributed by atoms with Crippen LogP contribution in [0.5, 0.6) is 0 Å². The van der Waals surface area contributed by atoms with E-state index in [1.54, 1.807) is 12.1 Å². The van der Waals surface area contributed by atoms with Crippen LogP contribution in [0.2, 0.25) is 0 Å². The summed E-state index contributed by atoms with van der Waals surface area (Å²) in [5, 5.41) is 4.48. The van der Waals surface area contributed by atoms with Crippen molar-refractivity contribution in [3.63, 3.8) is 0 Å². The molecule has 0 radical (unpaired) electrons. The number of hydrogen-bond acceptors (Lipinski definition) is 1. The Morgan fingerprint density at radius 1 is 0.422 bits per heavy atom. The smallest absolute Gasteiger partial charge is 0.160 e. The molecular weight excluding hydrogens is 548 g/mol. The number of fused-ring (bicyclic) bond motifs is 10. The van der Waals surface area contributed by atoms with Gasteiger partial charge in [0.15, 0.2) is 5.58 Å². The summed E-state index contributed by atoms with van der Waals surface area (Å²) in [5.74, 6) is 0. The highest BCUT2D eigenvalue weighted by Gasteiger charge is 2.19. The van der Waals surface area contributed by atoms with Crippen LogP contribution >= 0.6 is 0 Å². The molecule has 10 aromatic rings. The van der Waals surface area contributed by atoms with Gasteiger partial charge in [-0.25, -0.2) is 0 Å². The molecule has 0 saturated carbocycles. The lowest BCUT2D eigenvalue weighted by Gasteiger charge is -2.11. The summed E-state index contributed by atoms with van der Waals surface area (Å²) in [4.78, 5) is 0. The molecule has 3 nitrogen and oxygen atoms in total. The standard InChI is InChI=1S/C42H26N2O/c1-5-13-37-31(9-1)32-10-2-6-14-38(32)43(37)29-21-17-27(18-22-29)28-19-23-30(24-20-28)44-39-15-7-3-11-33(39)35-25-26-36-34-12-4-8-16-40(34)45-42(36)41(35)44/h1-26H/i1D,2D,5D,6D,9D,10D,13D,14D. The fourth-order valence-electron chi connectivity index (χ4n) is 6.78. The van der Waals surface area contributed by atoms with Crippen molar-refractivity contribution >= 4 is 65.6 Å². The Hall–Kier alpha value is -6.06. The molecule has 0 aliphatic rings. The van der Waals surface area contributed by atoms with E-state index in [-0.39, 0.29) is 46.0 Å². The minimum atomic E-state index is -0.462. The Morgan fingerprint density at radius 3 is 1.67 bits per heavy atom. The summed E-state index contributed by atoms with van der Waals surface area (Å²) in [6, 6.07) is 33.2. The average molecular weight is 583 g/mol. The zero-order chi connectivity index (χ0) is 36.4. The summed E-state index contributed by atoms with van der Waals surface area (Å²) in [6.07, 6.45) is 0. The van der Waals surface area contributed by atoms with Gasteiger partial charge in [-0.3, -0.25) is 0 Å². The Labute approximate surface area is 270 Å². The summed E-state index contributed by atoms with van der Waals surface area (Å²) in [5.41, 5.74) is 7.24. The molecule has 0 unspecified atom stereocenters. The maximum atomic E-state index is 8.79. The lowest BCUT2D eigenvalue weighted by atomic mass is 10.0. The lowest BCUT2D eigenvalue weighted by molar-refractivity contribution is 0.671. The van der Waals surface area contributed by atoms with Crippen molar-refractivity contribution in [1.82, 2.24) is 9.13 Å². The highest BCUT2D eigenvalue weighted by Crippen LogP contribution is 2.40. The first-order valence-corrected chi connectivity index (χ1v) is 14.7. The van der Waals surface area contributed by atoms with Gasteiger partial charge < -0.3 is 13.6 Å². The molecule has 0 atom stereocenters. The third-order valence-electron chi connectivity index (χ3n) is 8.80. The number of para-hydroxylation sites is 4. The van der Waals surface area contributed by atoms with Crippen molar-refractivity contribution in [2.45, 2.75) is 0 Å². The maximum Gasteiger partial charge on any atom is 0.160 e. The quantitative estimate of drug-likeness (QED) is 0.203. The highest BCUT2D eigenvalue weighted by molar-refractivity contribution is 6.21. The molecule has 0 aliphatic heterocycles. The van der Waals surface area contributed by atoms with Crippen LogP contribution in [0.4, 0.5) is 0 Å². The number of hydrogen-bond donors (Lipinski definition) is 0. The summed E-state index contributed by atoms with van der Waals surface area (Å²) in [7, 11) is 0. The number of furan rings is 1. The maximum absolute atomic E-state index is 8.79. The van der Waals surface area contributed by atoms with E-state index in [1.165, 1.54) is 4.57 Å². The Bertz CT molecular complexity index is 3120. The van der Waals surface area contributed by atoms with E-state index in [4.69, 9.17) is 15.4 Å². The van der Waals surface area contributed by atoms with Crippen molar-refractivity contribution < 1.29 is 15.4 Å². The third kappa shape index (κ3) is 3.46. The van der Waals surface area contributed by atoms with Gasteiger partial charge in [-0.1, -0.05) is 103 Å². The van der Waals surface area contributed by atoms with Crippen molar-refractivity contribution in [2.24, 2.45) is 0 Å². The second kappa shape index (κ2) is 9.22. The first kappa shape index (κ1) is 17.9. The summed E-state index contributed by atoms with van der Waals surface area (Å²) in [6.45, 7) is 0. The van der Waals surface area contributed by atoms with E-state index in [1.807, 2.05) is 42.5 Å². The molecule has 210 valence electrons. The highest BCUT2D eigenvalue weighted by atomic mass is 16.3. The molecule has 45 heavy (non-hydrogen) atoms. The summed E-state index contributed by atoms with van der Waals surface area (Å²) >= 11 is 0. The molecular formula is C42H26N2O. The molecule has 0 aliphatic carbocycles. The SMILES string of the molecule is [2H]c1c([2H])c([2H])c2c(c1[2H])c1c([2H])c([2H])c([2H])c([2H])c1n2-c1ccc(-c2ccc(-n3c4ccccc4c4ccc5c6ccccc6oc5c43)cc2)cc1. The number of nitrogens with zero attached hydrogens (tertiary/aromatic N) is 2. The van der Waals surface area contributed by atoms with Crippen molar-refractivity contribution in [1.29, 1.82) is 0 Å². The van der Waals surface area contributed by atoms with Crippen molar-refractivity contribution in [3.05, 3.63) is 158 Å². The first-order valence-electron chi connectivity index (χ1n) is 18.7. The molecule has 0 spiro atoms. The van der Waals surface area contributed by atoms with Gasteiger partial charge in [-0.05, 0) is 65.7 Å². The number of benzene rings is 7. The molecule has 0 fully saturated rings. The number of aromatic nitrogens is 2. The van der Waals surface area contributed by atoms with Gasteiger partial charge in [0.1, 0.15) is 5.58 Å². The van der Waals surface area contributed by atoms with Gasteiger partial charge >= 0.3 is 0 Å². The van der Waals surface area contributed by atoms with E-state index >= 15 is 0 Å². The van der Waals surface area contributed by atoms with Crippen LogP contribution in [0.15, 0.2) is 162 Å². The van der Waals surface area contributed by atoms with Crippen LogP contribution in [-0.4, -0.2) is 9.13 Å². The van der Waals surface area contributed by atoms with Gasteiger partial charge in [0.2, 0.25) is 0 Å². The molecule has 3 aromatic heterocycles. The van der Waals surface area contributed by atoms with Gasteiger partial charge in [-0.2, -0.15) is 0 Å². The van der Waals surface area contributed by atoms with E-state index in [0.717, 1.165) is 60.6 Å². The third-order valence-corrected chi connectivity index (χ3v) is 8.80. The number of rotatable bonds is 3. The molecule has 0 amide bonds. The van der Waals surface area contributed by atoms with E-state index in [9.17, 15) is 0 Å². The first-order chi connectivity index (χ1) is 25.7. The molecule has 0 N–H and O–H groups in total. The zero-order valence-corrected chi connectivity index (χ0v) is 23.7.